The van der Waals surface area contributed by atoms with Gasteiger partial charge in [-0.05, 0) is 67.2 Å². The van der Waals surface area contributed by atoms with E-state index in [1.54, 1.807) is 0 Å². The molecule has 1 aromatic rings. The van der Waals surface area contributed by atoms with Gasteiger partial charge in [-0.15, -0.1) is 0 Å². The maximum absolute atomic E-state index is 12.5. The molecule has 2 saturated carbocycles. The molecule has 0 amide bonds. The van der Waals surface area contributed by atoms with Gasteiger partial charge in [0.25, 0.3) is 0 Å². The van der Waals surface area contributed by atoms with Crippen LogP contribution in [-0.4, -0.2) is 12.1 Å². The molecule has 1 heterocycles. The van der Waals surface area contributed by atoms with E-state index in [2.05, 4.69) is 13.5 Å². The summed E-state index contributed by atoms with van der Waals surface area (Å²) >= 11 is 5.95. The maximum Gasteiger partial charge on any atom is 0.334 e. The molecule has 4 rings (SSSR count). The third-order valence-corrected chi connectivity index (χ3v) is 6.52. The number of hydrogen-bond acceptors (Lipinski definition) is 2. The molecule has 126 valence electrons. The van der Waals surface area contributed by atoms with E-state index in [0.29, 0.717) is 10.9 Å². The second-order valence-corrected chi connectivity index (χ2v) is 8.30. The van der Waals surface area contributed by atoms with Crippen molar-refractivity contribution in [2.24, 2.45) is 17.3 Å². The van der Waals surface area contributed by atoms with Gasteiger partial charge in [0.15, 0.2) is 0 Å². The number of carbonyl (C=O) groups is 1. The fourth-order valence-electron chi connectivity index (χ4n) is 4.98. The number of ether oxygens (including phenoxy) is 1. The number of esters is 1. The van der Waals surface area contributed by atoms with Gasteiger partial charge in [-0.3, -0.25) is 0 Å². The van der Waals surface area contributed by atoms with Crippen LogP contribution in [-0.2, 0) is 9.53 Å². The molecule has 2 aliphatic carbocycles. The molecular weight excluding hydrogens is 320 g/mol. The molecule has 0 aromatic heterocycles. The fraction of sp³-hybridized carbons (Fsp3) is 0.476. The lowest BCUT2D eigenvalue weighted by atomic mass is 9.56. The predicted octanol–water partition coefficient (Wildman–Crippen LogP) is 5.42. The largest absolute Gasteiger partial charge is 0.458 e. The van der Waals surface area contributed by atoms with Crippen molar-refractivity contribution in [2.45, 2.75) is 45.1 Å². The van der Waals surface area contributed by atoms with E-state index in [0.717, 1.165) is 30.4 Å². The first-order valence-corrected chi connectivity index (χ1v) is 9.20. The molecular formula is C21H23ClO2. The van der Waals surface area contributed by atoms with Crippen LogP contribution in [0.5, 0.6) is 0 Å². The van der Waals surface area contributed by atoms with E-state index in [1.165, 1.54) is 18.4 Å². The molecule has 0 bridgehead atoms. The van der Waals surface area contributed by atoms with Gasteiger partial charge < -0.3 is 4.74 Å². The highest BCUT2D eigenvalue weighted by Crippen LogP contribution is 2.56. The highest BCUT2D eigenvalue weighted by Gasteiger charge is 2.53. The van der Waals surface area contributed by atoms with Gasteiger partial charge in [-0.2, -0.15) is 0 Å². The SMILES string of the molecule is C=C1CCC[C@]2(C)C[C@H]3OC(=O)/C(=C/c4ccc(Cl)cc4)[C@H]3C[C@@H]12. The molecule has 3 aliphatic rings. The van der Waals surface area contributed by atoms with Crippen LogP contribution in [0.1, 0.15) is 44.6 Å². The van der Waals surface area contributed by atoms with Crippen molar-refractivity contribution < 1.29 is 9.53 Å². The molecule has 0 N–H and O–H groups in total. The molecule has 1 aliphatic heterocycles. The Morgan fingerprint density at radius 1 is 1.33 bits per heavy atom. The van der Waals surface area contributed by atoms with E-state index >= 15 is 0 Å². The lowest BCUT2D eigenvalue weighted by Crippen LogP contribution is -2.43. The number of halogens is 1. The Kier molecular flexibility index (Phi) is 3.84. The minimum Gasteiger partial charge on any atom is -0.458 e. The molecule has 4 atom stereocenters. The Balaban J connectivity index is 1.65. The Bertz CT molecular complexity index is 718. The number of allylic oxidation sites excluding steroid dienone is 1. The quantitative estimate of drug-likeness (QED) is 0.387. The standard InChI is InChI=1S/C21H23ClO2/c1-13-4-3-9-21(2)12-19-16(11-18(13)21)17(20(23)24-19)10-14-5-7-15(22)8-6-14/h5-8,10,16,18-19H,1,3-4,9,11-12H2,2H3/b17-10+/t16-,18+,19-,21-/m1/s1. The molecule has 1 saturated heterocycles. The summed E-state index contributed by atoms with van der Waals surface area (Å²) in [5.74, 6) is 0.560. The van der Waals surface area contributed by atoms with Gasteiger partial charge in [0.05, 0.1) is 0 Å². The summed E-state index contributed by atoms with van der Waals surface area (Å²) in [7, 11) is 0. The first-order chi connectivity index (χ1) is 11.5. The average Bonchev–Trinajstić information content (AvgIpc) is 2.82. The van der Waals surface area contributed by atoms with Crippen LogP contribution in [0.2, 0.25) is 5.02 Å². The first kappa shape index (κ1) is 16.0. The van der Waals surface area contributed by atoms with Crippen LogP contribution in [0.4, 0.5) is 0 Å². The van der Waals surface area contributed by atoms with Crippen molar-refractivity contribution in [3.05, 3.63) is 52.6 Å². The van der Waals surface area contributed by atoms with Gasteiger partial charge >= 0.3 is 5.97 Å². The molecule has 0 spiro atoms. The van der Waals surface area contributed by atoms with Crippen LogP contribution >= 0.6 is 11.6 Å². The third-order valence-electron chi connectivity index (χ3n) is 6.27. The molecule has 3 fully saturated rings. The first-order valence-electron chi connectivity index (χ1n) is 8.82. The van der Waals surface area contributed by atoms with Crippen molar-refractivity contribution in [2.75, 3.05) is 0 Å². The van der Waals surface area contributed by atoms with E-state index in [-0.39, 0.29) is 23.4 Å². The second-order valence-electron chi connectivity index (χ2n) is 7.86. The molecule has 24 heavy (non-hydrogen) atoms. The number of benzene rings is 1. The summed E-state index contributed by atoms with van der Waals surface area (Å²) in [5, 5.41) is 0.705. The molecule has 3 heteroatoms. The topological polar surface area (TPSA) is 26.3 Å². The molecule has 2 nitrogen and oxygen atoms in total. The monoisotopic (exact) mass is 342 g/mol. The van der Waals surface area contributed by atoms with Gasteiger partial charge in [-0.1, -0.05) is 42.8 Å². The fourth-order valence-corrected chi connectivity index (χ4v) is 5.10. The summed E-state index contributed by atoms with van der Waals surface area (Å²) in [6, 6.07) is 7.60. The Morgan fingerprint density at radius 2 is 2.08 bits per heavy atom. The van der Waals surface area contributed by atoms with Gasteiger partial charge in [0, 0.05) is 16.5 Å². The lowest BCUT2D eigenvalue weighted by molar-refractivity contribution is -0.142. The number of rotatable bonds is 1. The summed E-state index contributed by atoms with van der Waals surface area (Å²) in [4.78, 5) is 12.5. The van der Waals surface area contributed by atoms with E-state index in [1.807, 2.05) is 30.3 Å². The van der Waals surface area contributed by atoms with Crippen LogP contribution < -0.4 is 0 Å². The van der Waals surface area contributed by atoms with Crippen LogP contribution in [0.15, 0.2) is 42.0 Å². The van der Waals surface area contributed by atoms with Gasteiger partial charge in [-0.25, -0.2) is 4.79 Å². The zero-order valence-electron chi connectivity index (χ0n) is 14.1. The zero-order chi connectivity index (χ0) is 16.9. The van der Waals surface area contributed by atoms with E-state index < -0.39 is 0 Å². The molecule has 0 radical (unpaired) electrons. The normalized spacial score (nSPS) is 37.1. The smallest absolute Gasteiger partial charge is 0.334 e. The minimum absolute atomic E-state index is 0.0307. The summed E-state index contributed by atoms with van der Waals surface area (Å²) < 4.78 is 5.76. The maximum atomic E-state index is 12.5. The van der Waals surface area contributed by atoms with Crippen LogP contribution in [0.25, 0.3) is 6.08 Å². The average molecular weight is 343 g/mol. The Labute approximate surface area is 148 Å². The number of carbonyl (C=O) groups excluding carboxylic acids is 1. The van der Waals surface area contributed by atoms with Crippen molar-refractivity contribution in [1.29, 1.82) is 0 Å². The van der Waals surface area contributed by atoms with Crippen LogP contribution in [0, 0.1) is 17.3 Å². The van der Waals surface area contributed by atoms with Crippen LogP contribution in [0.3, 0.4) is 0 Å². The number of fused-ring (bicyclic) bond motifs is 2. The molecule has 1 aromatic carbocycles. The second kappa shape index (κ2) is 5.77. The lowest BCUT2D eigenvalue weighted by Gasteiger charge is -2.49. The van der Waals surface area contributed by atoms with Crippen molar-refractivity contribution in [1.82, 2.24) is 0 Å². The minimum atomic E-state index is -0.146. The van der Waals surface area contributed by atoms with E-state index in [4.69, 9.17) is 16.3 Å². The Hall–Kier alpha value is -1.54. The van der Waals surface area contributed by atoms with Gasteiger partial charge in [0.2, 0.25) is 0 Å². The predicted molar refractivity (Wildman–Crippen MR) is 96.6 cm³/mol. The Morgan fingerprint density at radius 3 is 2.83 bits per heavy atom. The summed E-state index contributed by atoms with van der Waals surface area (Å²) in [5.41, 5.74) is 3.44. The van der Waals surface area contributed by atoms with Crippen molar-refractivity contribution in [3.8, 4) is 0 Å². The van der Waals surface area contributed by atoms with Crippen molar-refractivity contribution >= 4 is 23.6 Å². The summed E-state index contributed by atoms with van der Waals surface area (Å²) in [6.45, 7) is 6.69. The number of hydrogen-bond donors (Lipinski definition) is 0. The van der Waals surface area contributed by atoms with Gasteiger partial charge in [0.1, 0.15) is 6.10 Å². The highest BCUT2D eigenvalue weighted by molar-refractivity contribution is 6.30. The van der Waals surface area contributed by atoms with E-state index in [9.17, 15) is 4.79 Å². The van der Waals surface area contributed by atoms with Crippen molar-refractivity contribution in [3.63, 3.8) is 0 Å². The highest BCUT2D eigenvalue weighted by atomic mass is 35.5. The third kappa shape index (κ3) is 2.61. The molecule has 0 unspecified atom stereocenters. The zero-order valence-corrected chi connectivity index (χ0v) is 14.8. The summed E-state index contributed by atoms with van der Waals surface area (Å²) in [6.07, 6.45) is 7.53.